The van der Waals surface area contributed by atoms with Gasteiger partial charge < -0.3 is 14.1 Å². The van der Waals surface area contributed by atoms with Crippen molar-refractivity contribution in [2.45, 2.75) is 0 Å². The maximum absolute atomic E-state index is 5.68. The highest BCUT2D eigenvalue weighted by atomic mass is 32.1. The van der Waals surface area contributed by atoms with Crippen molar-refractivity contribution in [2.75, 3.05) is 7.11 Å². The van der Waals surface area contributed by atoms with E-state index in [0.717, 1.165) is 22.6 Å². The predicted molar refractivity (Wildman–Crippen MR) is 81.3 cm³/mol. The average Bonchev–Trinajstić information content (AvgIpc) is 2.90. The summed E-state index contributed by atoms with van der Waals surface area (Å²) in [5.41, 5.74) is 2.76. The molecule has 2 aromatic carbocycles. The van der Waals surface area contributed by atoms with E-state index in [2.05, 4.69) is 4.98 Å². The highest BCUT2D eigenvalue weighted by Gasteiger charge is 2.16. The summed E-state index contributed by atoms with van der Waals surface area (Å²) in [4.78, 5) is 3.45. The van der Waals surface area contributed by atoms with Gasteiger partial charge in [0, 0.05) is 5.56 Å². The molecule has 1 aromatic heterocycles. The van der Waals surface area contributed by atoms with Gasteiger partial charge in [-0.25, -0.2) is 0 Å². The van der Waals surface area contributed by atoms with Crippen LogP contribution in [0.4, 0.5) is 0 Å². The molecule has 3 aromatic rings. The van der Waals surface area contributed by atoms with Crippen molar-refractivity contribution in [3.05, 3.63) is 59.4 Å². The Morgan fingerprint density at radius 3 is 2.45 bits per heavy atom. The number of aromatic nitrogens is 1. The fourth-order valence-corrected chi connectivity index (χ4v) is 2.34. The minimum atomic E-state index is 0.352. The van der Waals surface area contributed by atoms with Gasteiger partial charge in [-0.3, -0.25) is 0 Å². The van der Waals surface area contributed by atoms with Gasteiger partial charge >= 0.3 is 0 Å². The molecule has 0 saturated carbocycles. The van der Waals surface area contributed by atoms with Crippen LogP contribution >= 0.6 is 12.2 Å². The zero-order chi connectivity index (χ0) is 13.9. The Bertz CT molecular complexity index is 774. The molecule has 0 unspecified atom stereocenters. The molecule has 1 N–H and O–H groups in total. The lowest BCUT2D eigenvalue weighted by molar-refractivity contribution is 0.414. The summed E-state index contributed by atoms with van der Waals surface area (Å²) in [7, 11) is 1.64. The van der Waals surface area contributed by atoms with Gasteiger partial charge in [0.2, 0.25) is 0 Å². The molecule has 0 aliphatic carbocycles. The summed E-state index contributed by atoms with van der Waals surface area (Å²) in [6, 6.07) is 17.7. The number of nitrogens with one attached hydrogen (secondary N) is 1. The summed E-state index contributed by atoms with van der Waals surface area (Å²) in [5, 5.41) is 0. The summed E-state index contributed by atoms with van der Waals surface area (Å²) in [6.45, 7) is 0. The molecular weight excluding hydrogens is 270 g/mol. The van der Waals surface area contributed by atoms with E-state index < -0.39 is 0 Å². The first kappa shape index (κ1) is 12.7. The Balaban J connectivity index is 2.23. The monoisotopic (exact) mass is 283 g/mol. The molecule has 0 amide bonds. The SMILES string of the molecule is COc1ccccc1-c1oc(=S)[nH]c1-c1ccccc1. The number of hydrogen-bond acceptors (Lipinski definition) is 3. The third kappa shape index (κ3) is 2.26. The molecule has 4 heteroatoms. The smallest absolute Gasteiger partial charge is 0.266 e. The molecule has 3 rings (SSSR count). The van der Waals surface area contributed by atoms with Crippen LogP contribution in [0.25, 0.3) is 22.6 Å². The molecule has 100 valence electrons. The number of ether oxygens (including phenoxy) is 1. The van der Waals surface area contributed by atoms with Gasteiger partial charge in [-0.2, -0.15) is 0 Å². The number of para-hydroxylation sites is 1. The van der Waals surface area contributed by atoms with E-state index in [-0.39, 0.29) is 0 Å². The Labute approximate surface area is 121 Å². The van der Waals surface area contributed by atoms with E-state index in [0.29, 0.717) is 10.6 Å². The highest BCUT2D eigenvalue weighted by Crippen LogP contribution is 2.36. The lowest BCUT2D eigenvalue weighted by Crippen LogP contribution is -1.88. The molecular formula is C16H13NO2S. The summed E-state index contributed by atoms with van der Waals surface area (Å²) in [5.74, 6) is 1.45. The second-order valence-corrected chi connectivity index (χ2v) is 4.66. The minimum Gasteiger partial charge on any atom is -0.496 e. The van der Waals surface area contributed by atoms with E-state index in [9.17, 15) is 0 Å². The number of aromatic amines is 1. The maximum Gasteiger partial charge on any atom is 0.266 e. The number of hydrogen-bond donors (Lipinski definition) is 1. The van der Waals surface area contributed by atoms with Crippen LogP contribution in [-0.2, 0) is 0 Å². The van der Waals surface area contributed by atoms with Gasteiger partial charge in [-0.1, -0.05) is 42.5 Å². The predicted octanol–water partition coefficient (Wildman–Crippen LogP) is 4.68. The Morgan fingerprint density at radius 1 is 1.00 bits per heavy atom. The van der Waals surface area contributed by atoms with E-state index in [1.165, 1.54) is 0 Å². The first-order valence-electron chi connectivity index (χ1n) is 6.21. The van der Waals surface area contributed by atoms with Crippen molar-refractivity contribution in [3.63, 3.8) is 0 Å². The van der Waals surface area contributed by atoms with Gasteiger partial charge in [0.15, 0.2) is 5.76 Å². The molecule has 0 fully saturated rings. The van der Waals surface area contributed by atoms with Gasteiger partial charge in [-0.05, 0) is 24.4 Å². The summed E-state index contributed by atoms with van der Waals surface area (Å²) >= 11 is 5.14. The summed E-state index contributed by atoms with van der Waals surface area (Å²) < 4.78 is 11.1. The number of benzene rings is 2. The van der Waals surface area contributed by atoms with E-state index in [1.807, 2.05) is 54.6 Å². The Kier molecular flexibility index (Phi) is 3.39. The van der Waals surface area contributed by atoms with E-state index in [4.69, 9.17) is 21.4 Å². The number of H-pyrrole nitrogens is 1. The highest BCUT2D eigenvalue weighted by molar-refractivity contribution is 7.71. The van der Waals surface area contributed by atoms with E-state index in [1.54, 1.807) is 7.11 Å². The molecule has 0 aliphatic heterocycles. The zero-order valence-corrected chi connectivity index (χ0v) is 11.7. The zero-order valence-electron chi connectivity index (χ0n) is 10.9. The topological polar surface area (TPSA) is 38.2 Å². The fourth-order valence-electron chi connectivity index (χ4n) is 2.16. The molecule has 0 atom stereocenters. The fraction of sp³-hybridized carbons (Fsp3) is 0.0625. The maximum atomic E-state index is 5.68. The van der Waals surface area contributed by atoms with Crippen molar-refractivity contribution in [3.8, 4) is 28.3 Å². The van der Waals surface area contributed by atoms with Crippen LogP contribution in [-0.4, -0.2) is 12.1 Å². The van der Waals surface area contributed by atoms with Crippen LogP contribution in [0.2, 0.25) is 0 Å². The van der Waals surface area contributed by atoms with Crippen LogP contribution in [0.15, 0.2) is 59.0 Å². The second kappa shape index (κ2) is 5.35. The van der Waals surface area contributed by atoms with Crippen LogP contribution in [0.3, 0.4) is 0 Å². The van der Waals surface area contributed by atoms with Crippen LogP contribution in [0.5, 0.6) is 5.75 Å². The van der Waals surface area contributed by atoms with Gasteiger partial charge in [0.25, 0.3) is 4.84 Å². The van der Waals surface area contributed by atoms with Crippen LogP contribution < -0.4 is 4.74 Å². The van der Waals surface area contributed by atoms with Gasteiger partial charge in [0.05, 0.1) is 18.4 Å². The first-order chi connectivity index (χ1) is 9.79. The molecule has 0 saturated heterocycles. The number of oxazole rings is 1. The van der Waals surface area contributed by atoms with Crippen LogP contribution in [0, 0.1) is 4.84 Å². The lowest BCUT2D eigenvalue weighted by atomic mass is 10.1. The number of rotatable bonds is 3. The van der Waals surface area contributed by atoms with Crippen molar-refractivity contribution in [2.24, 2.45) is 0 Å². The van der Waals surface area contributed by atoms with E-state index >= 15 is 0 Å². The molecule has 0 bridgehead atoms. The Hall–Kier alpha value is -2.33. The molecule has 1 heterocycles. The molecule has 0 radical (unpaired) electrons. The average molecular weight is 283 g/mol. The lowest BCUT2D eigenvalue weighted by Gasteiger charge is -2.07. The first-order valence-corrected chi connectivity index (χ1v) is 6.62. The molecule has 0 aliphatic rings. The van der Waals surface area contributed by atoms with Gasteiger partial charge in [-0.15, -0.1) is 0 Å². The largest absolute Gasteiger partial charge is 0.496 e. The normalized spacial score (nSPS) is 10.4. The Morgan fingerprint density at radius 2 is 1.70 bits per heavy atom. The molecule has 3 nitrogen and oxygen atoms in total. The number of methoxy groups -OCH3 is 1. The van der Waals surface area contributed by atoms with Gasteiger partial charge in [0.1, 0.15) is 5.75 Å². The third-order valence-electron chi connectivity index (χ3n) is 3.06. The van der Waals surface area contributed by atoms with Crippen molar-refractivity contribution < 1.29 is 9.15 Å². The standard InChI is InChI=1S/C16H13NO2S/c1-18-13-10-6-5-9-12(13)15-14(17-16(20)19-15)11-7-3-2-4-8-11/h2-10H,1H3,(H,17,20). The van der Waals surface area contributed by atoms with Crippen molar-refractivity contribution >= 4 is 12.2 Å². The van der Waals surface area contributed by atoms with Crippen molar-refractivity contribution in [1.82, 2.24) is 4.98 Å². The van der Waals surface area contributed by atoms with Crippen molar-refractivity contribution in [1.29, 1.82) is 0 Å². The third-order valence-corrected chi connectivity index (χ3v) is 3.25. The molecule has 20 heavy (non-hydrogen) atoms. The quantitative estimate of drug-likeness (QED) is 0.709. The van der Waals surface area contributed by atoms with Crippen LogP contribution in [0.1, 0.15) is 0 Å². The minimum absolute atomic E-state index is 0.352. The second-order valence-electron chi connectivity index (χ2n) is 4.28. The molecule has 0 spiro atoms. The summed E-state index contributed by atoms with van der Waals surface area (Å²) in [6.07, 6.45) is 0.